The van der Waals surface area contributed by atoms with E-state index in [0.717, 1.165) is 22.6 Å². The second-order valence-electron chi connectivity index (χ2n) is 3.26. The molecule has 0 spiro atoms. The van der Waals surface area contributed by atoms with Crippen molar-refractivity contribution in [3.8, 4) is 17.0 Å². The Balaban J connectivity index is 0.00000128. The fourth-order valence-corrected chi connectivity index (χ4v) is 2.03. The monoisotopic (exact) mass is 300 g/mol. The highest BCUT2D eigenvalue weighted by Gasteiger charge is 2.04. The van der Waals surface area contributed by atoms with Crippen molar-refractivity contribution in [2.45, 2.75) is 6.92 Å². The zero-order valence-corrected chi connectivity index (χ0v) is 11.6. The number of aromatic nitrogens is 1. The Morgan fingerprint density at radius 1 is 1.38 bits per heavy atom. The first kappa shape index (κ1) is 13.0. The topological polar surface area (TPSA) is 48.1 Å². The molecule has 0 radical (unpaired) electrons. The Kier molecular flexibility index (Phi) is 4.32. The van der Waals surface area contributed by atoms with Crippen molar-refractivity contribution in [1.29, 1.82) is 0 Å². The Bertz CT molecular complexity index is 485. The van der Waals surface area contributed by atoms with E-state index >= 15 is 0 Å². The molecular formula is C11H13BrN2OS. The Morgan fingerprint density at radius 2 is 2.12 bits per heavy atom. The maximum Gasteiger partial charge on any atom is 0.180 e. The van der Waals surface area contributed by atoms with E-state index in [1.165, 1.54) is 11.3 Å². The maximum absolute atomic E-state index is 5.59. The van der Waals surface area contributed by atoms with Crippen LogP contribution in [0.3, 0.4) is 0 Å². The fourth-order valence-electron chi connectivity index (χ4n) is 1.46. The second kappa shape index (κ2) is 5.32. The number of thiazole rings is 1. The van der Waals surface area contributed by atoms with Gasteiger partial charge in [-0.15, -0.1) is 28.3 Å². The van der Waals surface area contributed by atoms with Gasteiger partial charge in [0.1, 0.15) is 5.75 Å². The Labute approximate surface area is 109 Å². The lowest BCUT2D eigenvalue weighted by Gasteiger charge is -2.05. The summed E-state index contributed by atoms with van der Waals surface area (Å²) in [6.07, 6.45) is 0. The van der Waals surface area contributed by atoms with E-state index in [0.29, 0.717) is 5.13 Å². The van der Waals surface area contributed by atoms with E-state index in [1.807, 2.05) is 30.5 Å². The van der Waals surface area contributed by atoms with Crippen LogP contribution in [0.2, 0.25) is 0 Å². The molecule has 0 unspecified atom stereocenters. The normalized spacial score (nSPS) is 9.62. The molecule has 3 nitrogen and oxygen atoms in total. The van der Waals surface area contributed by atoms with Crippen molar-refractivity contribution in [3.63, 3.8) is 0 Å². The minimum atomic E-state index is 0. The number of ether oxygens (including phenoxy) is 1. The molecule has 0 fully saturated rings. The van der Waals surface area contributed by atoms with Crippen LogP contribution < -0.4 is 10.5 Å². The van der Waals surface area contributed by atoms with Gasteiger partial charge in [0, 0.05) is 10.9 Å². The molecule has 1 aromatic heterocycles. The minimum Gasteiger partial charge on any atom is -0.496 e. The number of hydrogen-bond donors (Lipinski definition) is 1. The summed E-state index contributed by atoms with van der Waals surface area (Å²) in [5, 5.41) is 2.55. The quantitative estimate of drug-likeness (QED) is 0.926. The smallest absolute Gasteiger partial charge is 0.180 e. The number of aryl methyl sites for hydroxylation is 1. The highest BCUT2D eigenvalue weighted by Crippen LogP contribution is 2.27. The predicted molar refractivity (Wildman–Crippen MR) is 73.6 cm³/mol. The first-order chi connectivity index (χ1) is 7.20. The molecule has 0 aliphatic heterocycles. The molecule has 86 valence electrons. The largest absolute Gasteiger partial charge is 0.496 e. The number of nitrogen functional groups attached to an aromatic ring is 1. The average molecular weight is 301 g/mol. The van der Waals surface area contributed by atoms with E-state index in [1.54, 1.807) is 7.11 Å². The van der Waals surface area contributed by atoms with Crippen LogP contribution in [0.5, 0.6) is 5.75 Å². The molecule has 2 N–H and O–H groups in total. The van der Waals surface area contributed by atoms with Gasteiger partial charge >= 0.3 is 0 Å². The van der Waals surface area contributed by atoms with Crippen molar-refractivity contribution in [1.82, 2.24) is 4.98 Å². The SMILES string of the molecule is Br.COc1ccc(-c2csc(N)n2)cc1C. The Hall–Kier alpha value is -1.07. The summed E-state index contributed by atoms with van der Waals surface area (Å²) in [4.78, 5) is 4.23. The van der Waals surface area contributed by atoms with Crippen LogP contribution >= 0.6 is 28.3 Å². The van der Waals surface area contributed by atoms with E-state index in [-0.39, 0.29) is 17.0 Å². The molecule has 0 aliphatic rings. The van der Waals surface area contributed by atoms with Crippen LogP contribution in [0.4, 0.5) is 5.13 Å². The van der Waals surface area contributed by atoms with Crippen LogP contribution in [-0.2, 0) is 0 Å². The zero-order valence-electron chi connectivity index (χ0n) is 9.06. The maximum atomic E-state index is 5.59. The lowest BCUT2D eigenvalue weighted by atomic mass is 10.1. The molecule has 0 saturated heterocycles. The third-order valence-electron chi connectivity index (χ3n) is 2.21. The molecule has 1 aromatic carbocycles. The van der Waals surface area contributed by atoms with Crippen LogP contribution in [0.25, 0.3) is 11.3 Å². The fraction of sp³-hybridized carbons (Fsp3) is 0.182. The van der Waals surface area contributed by atoms with E-state index < -0.39 is 0 Å². The number of anilines is 1. The van der Waals surface area contributed by atoms with Crippen LogP contribution in [0, 0.1) is 6.92 Å². The van der Waals surface area contributed by atoms with Crippen molar-refractivity contribution in [2.75, 3.05) is 12.8 Å². The van der Waals surface area contributed by atoms with Crippen molar-refractivity contribution < 1.29 is 4.74 Å². The number of hydrogen-bond acceptors (Lipinski definition) is 4. The molecule has 1 heterocycles. The summed E-state index contributed by atoms with van der Waals surface area (Å²) in [7, 11) is 1.67. The number of methoxy groups -OCH3 is 1. The first-order valence-corrected chi connectivity index (χ1v) is 5.44. The summed E-state index contributed by atoms with van der Waals surface area (Å²) in [6, 6.07) is 5.98. The summed E-state index contributed by atoms with van der Waals surface area (Å²) < 4.78 is 5.20. The van der Waals surface area contributed by atoms with Crippen molar-refractivity contribution in [2.24, 2.45) is 0 Å². The predicted octanol–water partition coefficient (Wildman–Crippen LogP) is 3.29. The van der Waals surface area contributed by atoms with Gasteiger partial charge in [-0.25, -0.2) is 4.98 Å². The third kappa shape index (κ3) is 2.54. The van der Waals surface area contributed by atoms with Crippen LogP contribution in [-0.4, -0.2) is 12.1 Å². The lowest BCUT2D eigenvalue weighted by molar-refractivity contribution is 0.412. The molecule has 0 bridgehead atoms. The van der Waals surface area contributed by atoms with E-state index in [2.05, 4.69) is 4.98 Å². The number of nitrogens with two attached hydrogens (primary N) is 1. The molecule has 0 aliphatic carbocycles. The van der Waals surface area contributed by atoms with Crippen LogP contribution in [0.15, 0.2) is 23.6 Å². The number of nitrogens with zero attached hydrogens (tertiary/aromatic N) is 1. The van der Waals surface area contributed by atoms with Gasteiger partial charge < -0.3 is 10.5 Å². The van der Waals surface area contributed by atoms with Crippen molar-refractivity contribution in [3.05, 3.63) is 29.1 Å². The molecule has 2 rings (SSSR count). The van der Waals surface area contributed by atoms with Gasteiger partial charge in [-0.1, -0.05) is 0 Å². The highest BCUT2D eigenvalue weighted by molar-refractivity contribution is 8.93. The van der Waals surface area contributed by atoms with Crippen molar-refractivity contribution >= 4 is 33.4 Å². The standard InChI is InChI=1S/C11H12N2OS.BrH/c1-7-5-8(3-4-10(7)14-2)9-6-15-11(12)13-9;/h3-6H,1-2H3,(H2,12,13);1H. The lowest BCUT2D eigenvalue weighted by Crippen LogP contribution is -1.88. The molecule has 5 heteroatoms. The van der Waals surface area contributed by atoms with Gasteiger partial charge in [0.15, 0.2) is 5.13 Å². The summed E-state index contributed by atoms with van der Waals surface area (Å²) >= 11 is 1.45. The minimum absolute atomic E-state index is 0. The second-order valence-corrected chi connectivity index (χ2v) is 4.15. The Morgan fingerprint density at radius 3 is 2.62 bits per heavy atom. The van der Waals surface area contributed by atoms with Gasteiger partial charge in [0.05, 0.1) is 12.8 Å². The summed E-state index contributed by atoms with van der Waals surface area (Å²) in [5.41, 5.74) is 8.68. The number of halogens is 1. The van der Waals surface area contributed by atoms with E-state index in [9.17, 15) is 0 Å². The molecule has 0 saturated carbocycles. The molecule has 16 heavy (non-hydrogen) atoms. The average Bonchev–Trinajstić information content (AvgIpc) is 2.65. The summed E-state index contributed by atoms with van der Waals surface area (Å²) in [5.74, 6) is 0.891. The van der Waals surface area contributed by atoms with E-state index in [4.69, 9.17) is 10.5 Å². The van der Waals surface area contributed by atoms with Crippen LogP contribution in [0.1, 0.15) is 5.56 Å². The van der Waals surface area contributed by atoms with Gasteiger partial charge in [-0.3, -0.25) is 0 Å². The van der Waals surface area contributed by atoms with Gasteiger partial charge in [-0.05, 0) is 30.7 Å². The number of rotatable bonds is 2. The van der Waals surface area contributed by atoms with Gasteiger partial charge in [0.2, 0.25) is 0 Å². The molecule has 0 amide bonds. The summed E-state index contributed by atoms with van der Waals surface area (Å²) in [6.45, 7) is 2.01. The molecule has 0 atom stereocenters. The van der Waals surface area contributed by atoms with Gasteiger partial charge in [-0.2, -0.15) is 0 Å². The molecule has 2 aromatic rings. The molecular weight excluding hydrogens is 288 g/mol. The zero-order chi connectivity index (χ0) is 10.8. The first-order valence-electron chi connectivity index (χ1n) is 4.56. The van der Waals surface area contributed by atoms with Gasteiger partial charge in [0.25, 0.3) is 0 Å². The highest BCUT2D eigenvalue weighted by atomic mass is 79.9. The third-order valence-corrected chi connectivity index (χ3v) is 2.89. The number of benzene rings is 1.